The highest BCUT2D eigenvalue weighted by atomic mass is 16.2. The molecule has 0 unspecified atom stereocenters. The molecule has 0 spiro atoms. The monoisotopic (exact) mass is 853 g/mol. The van der Waals surface area contributed by atoms with Crippen molar-refractivity contribution in [2.75, 3.05) is 19.6 Å². The third kappa shape index (κ3) is 49.0. The molecule has 0 heterocycles. The first kappa shape index (κ1) is 59.2. The molecule has 0 aliphatic rings. The van der Waals surface area contributed by atoms with Crippen molar-refractivity contribution < 1.29 is 9.59 Å². The molecule has 0 aromatic rings. The molecule has 0 rings (SSSR count). The smallest absolute Gasteiger partial charge is 0.224 e. The molecule has 61 heavy (non-hydrogen) atoms. The highest BCUT2D eigenvalue weighted by molar-refractivity contribution is 5.79. The summed E-state index contributed by atoms with van der Waals surface area (Å²) >= 11 is 0. The summed E-state index contributed by atoms with van der Waals surface area (Å²) in [7, 11) is 0. The molecular weight excluding hydrogens is 745 g/mol. The van der Waals surface area contributed by atoms with E-state index in [9.17, 15) is 9.59 Å². The van der Waals surface area contributed by atoms with Crippen LogP contribution < -0.4 is 5.32 Å². The van der Waals surface area contributed by atoms with Gasteiger partial charge in [0.15, 0.2) is 0 Å². The maximum absolute atomic E-state index is 13.4. The van der Waals surface area contributed by atoms with Gasteiger partial charge in [-0.15, -0.1) is 0 Å². The van der Waals surface area contributed by atoms with Crippen LogP contribution in [0, 0.1) is 0 Å². The molecule has 4 nitrogen and oxygen atoms in total. The zero-order valence-electron chi connectivity index (χ0n) is 41.8. The highest BCUT2D eigenvalue weighted by Gasteiger charge is 2.13. The maximum atomic E-state index is 13.4. The van der Waals surface area contributed by atoms with Crippen molar-refractivity contribution in [1.29, 1.82) is 0 Å². The molecular formula is C57H108N2O2. The van der Waals surface area contributed by atoms with Crippen LogP contribution in [0.15, 0.2) is 36.5 Å². The number of hydrogen-bond acceptors (Lipinski definition) is 2. The van der Waals surface area contributed by atoms with Crippen LogP contribution in [-0.4, -0.2) is 36.3 Å². The molecule has 0 fully saturated rings. The first-order chi connectivity index (χ1) is 30.2. The summed E-state index contributed by atoms with van der Waals surface area (Å²) in [4.78, 5) is 28.0. The molecule has 0 aliphatic heterocycles. The van der Waals surface area contributed by atoms with Crippen molar-refractivity contribution in [3.63, 3.8) is 0 Å². The summed E-state index contributed by atoms with van der Waals surface area (Å²) in [5.74, 6) is 0.334. The molecule has 0 aromatic carbocycles. The van der Waals surface area contributed by atoms with Crippen molar-refractivity contribution in [3.8, 4) is 0 Å². The fraction of sp³-hybridized carbons (Fsp3) is 0.860. The fourth-order valence-corrected chi connectivity index (χ4v) is 8.37. The predicted octanol–water partition coefficient (Wildman–Crippen LogP) is 18.4. The Bertz CT molecular complexity index is 928. The molecule has 0 saturated carbocycles. The molecule has 4 heteroatoms. The van der Waals surface area contributed by atoms with Gasteiger partial charge in [0, 0.05) is 32.5 Å². The first-order valence-electron chi connectivity index (χ1n) is 27.6. The van der Waals surface area contributed by atoms with E-state index in [1.54, 1.807) is 0 Å². The second-order valence-corrected chi connectivity index (χ2v) is 18.7. The van der Waals surface area contributed by atoms with E-state index in [0.29, 0.717) is 19.4 Å². The van der Waals surface area contributed by atoms with Crippen LogP contribution in [-0.2, 0) is 9.59 Å². The minimum Gasteiger partial charge on any atom is -0.356 e. The van der Waals surface area contributed by atoms with Gasteiger partial charge in [0.1, 0.15) is 0 Å². The van der Waals surface area contributed by atoms with Gasteiger partial charge >= 0.3 is 0 Å². The zero-order valence-corrected chi connectivity index (χ0v) is 41.8. The molecule has 0 bridgehead atoms. The lowest BCUT2D eigenvalue weighted by Crippen LogP contribution is -2.36. The predicted molar refractivity (Wildman–Crippen MR) is 273 cm³/mol. The summed E-state index contributed by atoms with van der Waals surface area (Å²) in [5.41, 5.74) is 0. The second-order valence-electron chi connectivity index (χ2n) is 18.7. The summed E-state index contributed by atoms with van der Waals surface area (Å²) in [6.45, 7) is 9.06. The van der Waals surface area contributed by atoms with Crippen molar-refractivity contribution in [2.45, 2.75) is 297 Å². The highest BCUT2D eigenvalue weighted by Crippen LogP contribution is 2.14. The summed E-state index contributed by atoms with van der Waals surface area (Å²) in [5, 5.41) is 3.06. The van der Waals surface area contributed by atoms with Crippen molar-refractivity contribution in [1.82, 2.24) is 10.2 Å². The SMILES string of the molecule is CCCCCCCCC=CCCCCCCCCN(CCCCCCCCC=CCCCCCCCC)C(=O)CCNC(=O)CCCCCCCC=CCCCCCCCC. The van der Waals surface area contributed by atoms with Crippen LogP contribution in [0.3, 0.4) is 0 Å². The molecule has 358 valence electrons. The number of amides is 2. The van der Waals surface area contributed by atoms with Crippen LogP contribution in [0.1, 0.15) is 297 Å². The lowest BCUT2D eigenvalue weighted by Gasteiger charge is -2.23. The minimum absolute atomic E-state index is 0.110. The summed E-state index contributed by atoms with van der Waals surface area (Å²) < 4.78 is 0. The first-order valence-corrected chi connectivity index (χ1v) is 27.6. The minimum atomic E-state index is 0.110. The average molecular weight is 854 g/mol. The Hall–Kier alpha value is -1.84. The number of carbonyl (C=O) groups excluding carboxylic acids is 2. The number of allylic oxidation sites excluding steroid dienone is 6. The number of carbonyl (C=O) groups is 2. The van der Waals surface area contributed by atoms with Crippen LogP contribution in [0.2, 0.25) is 0 Å². The Morgan fingerprint density at radius 3 is 0.902 bits per heavy atom. The zero-order chi connectivity index (χ0) is 44.2. The molecule has 0 aromatic heterocycles. The Balaban J connectivity index is 4.26. The average Bonchev–Trinajstić information content (AvgIpc) is 3.26. The van der Waals surface area contributed by atoms with Crippen LogP contribution in [0.25, 0.3) is 0 Å². The number of nitrogens with one attached hydrogen (secondary N) is 1. The topological polar surface area (TPSA) is 49.4 Å². The van der Waals surface area contributed by atoms with Gasteiger partial charge in [0.25, 0.3) is 0 Å². The van der Waals surface area contributed by atoms with Crippen molar-refractivity contribution >= 4 is 11.8 Å². The number of rotatable bonds is 50. The van der Waals surface area contributed by atoms with E-state index in [4.69, 9.17) is 0 Å². The largest absolute Gasteiger partial charge is 0.356 e. The van der Waals surface area contributed by atoms with Gasteiger partial charge in [0.05, 0.1) is 0 Å². The Kier molecular flexibility index (Phi) is 50.9. The van der Waals surface area contributed by atoms with E-state index in [-0.39, 0.29) is 11.8 Å². The normalized spacial score (nSPS) is 11.9. The van der Waals surface area contributed by atoms with Crippen LogP contribution in [0.5, 0.6) is 0 Å². The van der Waals surface area contributed by atoms with E-state index < -0.39 is 0 Å². The van der Waals surface area contributed by atoms with E-state index in [0.717, 1.165) is 38.8 Å². The number of nitrogens with zero attached hydrogens (tertiary/aromatic N) is 1. The van der Waals surface area contributed by atoms with Gasteiger partial charge in [0.2, 0.25) is 11.8 Å². The van der Waals surface area contributed by atoms with E-state index in [1.165, 1.54) is 238 Å². The summed E-state index contributed by atoms with van der Waals surface area (Å²) in [6, 6.07) is 0. The number of unbranched alkanes of at least 4 members (excludes halogenated alkanes) is 35. The Morgan fingerprint density at radius 2 is 0.590 bits per heavy atom. The third-order valence-electron chi connectivity index (χ3n) is 12.6. The quantitative estimate of drug-likeness (QED) is 0.0490. The van der Waals surface area contributed by atoms with Gasteiger partial charge in [-0.05, 0) is 96.3 Å². The van der Waals surface area contributed by atoms with E-state index >= 15 is 0 Å². The molecule has 1 N–H and O–H groups in total. The van der Waals surface area contributed by atoms with E-state index in [1.807, 2.05) is 0 Å². The third-order valence-corrected chi connectivity index (χ3v) is 12.6. The van der Waals surface area contributed by atoms with Crippen molar-refractivity contribution in [3.05, 3.63) is 36.5 Å². The molecule has 0 atom stereocenters. The Morgan fingerprint density at radius 1 is 0.328 bits per heavy atom. The molecule has 0 saturated heterocycles. The molecule has 2 amide bonds. The van der Waals surface area contributed by atoms with Gasteiger partial charge in [-0.25, -0.2) is 0 Å². The van der Waals surface area contributed by atoms with Crippen molar-refractivity contribution in [2.24, 2.45) is 0 Å². The van der Waals surface area contributed by atoms with Gasteiger partial charge in [-0.3, -0.25) is 9.59 Å². The summed E-state index contributed by atoms with van der Waals surface area (Å²) in [6.07, 6.45) is 68.3. The lowest BCUT2D eigenvalue weighted by atomic mass is 10.1. The molecule has 0 aliphatic carbocycles. The van der Waals surface area contributed by atoms with Crippen LogP contribution in [0.4, 0.5) is 0 Å². The fourth-order valence-electron chi connectivity index (χ4n) is 8.37. The van der Waals surface area contributed by atoms with E-state index in [2.05, 4.69) is 67.4 Å². The Labute approximate surface area is 383 Å². The second kappa shape index (κ2) is 52.5. The standard InChI is InChI=1S/C57H108N2O2/c1-4-7-10-13-16-19-22-25-28-31-34-37-40-43-46-49-54-59(55-50-47-44-41-38-35-32-29-26-23-20-17-14-11-8-5-2)57(61)52-53-58-56(60)51-48-45-42-39-36-33-30-27-24-21-18-15-12-9-6-3/h25-30H,4-24,31-55H2,1-3H3,(H,58,60). The number of hydrogen-bond donors (Lipinski definition) is 1. The maximum Gasteiger partial charge on any atom is 0.224 e. The molecule has 0 radical (unpaired) electrons. The van der Waals surface area contributed by atoms with Crippen LogP contribution >= 0.6 is 0 Å². The van der Waals surface area contributed by atoms with Gasteiger partial charge in [-0.2, -0.15) is 0 Å². The van der Waals surface area contributed by atoms with Gasteiger partial charge in [-0.1, -0.05) is 224 Å². The lowest BCUT2D eigenvalue weighted by molar-refractivity contribution is -0.131. The van der Waals surface area contributed by atoms with Gasteiger partial charge < -0.3 is 10.2 Å².